The molecule has 0 amide bonds. The first kappa shape index (κ1) is 21.7. The highest BCUT2D eigenvalue weighted by molar-refractivity contribution is 5.85. The lowest BCUT2D eigenvalue weighted by atomic mass is 10.1. The van der Waals surface area contributed by atoms with Crippen molar-refractivity contribution < 1.29 is 29.5 Å². The molecule has 1 aromatic carbocycles. The molecule has 0 aliphatic carbocycles. The van der Waals surface area contributed by atoms with Gasteiger partial charge in [0, 0.05) is 0 Å². The van der Waals surface area contributed by atoms with E-state index < -0.39 is 31.1 Å². The second-order valence-corrected chi connectivity index (χ2v) is 6.95. The van der Waals surface area contributed by atoms with E-state index in [4.69, 9.17) is 19.9 Å². The summed E-state index contributed by atoms with van der Waals surface area (Å²) in [6.07, 6.45) is -1.96. The number of hydrogen-bond donors (Lipinski definition) is 5. The number of imidazole rings is 1. The molecule has 3 heterocycles. The molecule has 4 rings (SSSR count). The molecule has 3 aromatic rings. The molecule has 13 nitrogen and oxygen atoms in total. The molecule has 2 aromatic heterocycles. The fraction of sp³-hybridized carbons (Fsp3) is 0.368. The van der Waals surface area contributed by atoms with E-state index in [0.29, 0.717) is 17.1 Å². The van der Waals surface area contributed by atoms with Crippen molar-refractivity contribution in [3.63, 3.8) is 0 Å². The normalized spacial score (nSPS) is 23.2. The predicted molar refractivity (Wildman–Crippen MR) is 114 cm³/mol. The van der Waals surface area contributed by atoms with E-state index in [2.05, 4.69) is 25.5 Å². The number of anilines is 2. The van der Waals surface area contributed by atoms with Crippen molar-refractivity contribution in [2.45, 2.75) is 24.5 Å². The average Bonchev–Trinajstić information content (AvgIpc) is 3.31. The predicted octanol–water partition coefficient (Wildman–Crippen LogP) is -0.517. The molecule has 170 valence electrons. The van der Waals surface area contributed by atoms with Crippen LogP contribution in [0.2, 0.25) is 0 Å². The van der Waals surface area contributed by atoms with E-state index in [0.717, 1.165) is 0 Å². The van der Waals surface area contributed by atoms with E-state index in [1.165, 1.54) is 24.2 Å². The number of fused-ring (bicyclic) bond motifs is 1. The first-order valence-electron chi connectivity index (χ1n) is 9.60. The maximum absolute atomic E-state index is 10.5. The SMILES string of the molecule is COc1ccc(C=NNc2nc3c(N)ncnc3n2[C@@H]2O[C@@H](CO)[C@@H](O)[C@@H]2O)cc1OC. The maximum atomic E-state index is 10.5. The van der Waals surface area contributed by atoms with Gasteiger partial charge in [-0.3, -0.25) is 4.57 Å². The van der Waals surface area contributed by atoms with Crippen molar-refractivity contribution in [1.29, 1.82) is 0 Å². The molecule has 0 unspecified atom stereocenters. The zero-order valence-corrected chi connectivity index (χ0v) is 17.3. The van der Waals surface area contributed by atoms with Crippen LogP contribution in [-0.2, 0) is 4.74 Å². The number of nitrogen functional groups attached to an aromatic ring is 1. The number of rotatable bonds is 7. The number of methoxy groups -OCH3 is 2. The summed E-state index contributed by atoms with van der Waals surface area (Å²) in [7, 11) is 3.08. The molecule has 6 N–H and O–H groups in total. The lowest BCUT2D eigenvalue weighted by Gasteiger charge is -2.18. The monoisotopic (exact) mass is 445 g/mol. The van der Waals surface area contributed by atoms with Crippen LogP contribution in [0.25, 0.3) is 11.2 Å². The Balaban J connectivity index is 1.68. The number of aliphatic hydroxyl groups excluding tert-OH is 3. The van der Waals surface area contributed by atoms with Gasteiger partial charge in [-0.15, -0.1) is 0 Å². The number of nitrogens with zero attached hydrogens (tertiary/aromatic N) is 5. The lowest BCUT2D eigenvalue weighted by molar-refractivity contribution is -0.0501. The smallest absolute Gasteiger partial charge is 0.228 e. The molecular weight excluding hydrogens is 422 g/mol. The Morgan fingerprint density at radius 1 is 1.22 bits per heavy atom. The fourth-order valence-electron chi connectivity index (χ4n) is 3.44. The molecule has 0 bridgehead atoms. The van der Waals surface area contributed by atoms with Gasteiger partial charge in [0.05, 0.1) is 27.0 Å². The Labute approximate surface area is 182 Å². The number of hydrazone groups is 1. The molecule has 13 heteroatoms. The van der Waals surface area contributed by atoms with Gasteiger partial charge in [0.25, 0.3) is 0 Å². The Kier molecular flexibility index (Phi) is 6.05. The Hall–Kier alpha value is -3.52. The first-order valence-corrected chi connectivity index (χ1v) is 9.60. The summed E-state index contributed by atoms with van der Waals surface area (Å²) in [5.74, 6) is 1.38. The molecule has 0 saturated carbocycles. The van der Waals surface area contributed by atoms with Crippen LogP contribution in [0.5, 0.6) is 11.5 Å². The highest BCUT2D eigenvalue weighted by atomic mass is 16.6. The van der Waals surface area contributed by atoms with Gasteiger partial charge in [-0.25, -0.2) is 20.4 Å². The summed E-state index contributed by atoms with van der Waals surface area (Å²) in [5.41, 5.74) is 9.93. The summed E-state index contributed by atoms with van der Waals surface area (Å²) in [5, 5.41) is 34.3. The van der Waals surface area contributed by atoms with Crippen LogP contribution in [0.4, 0.5) is 11.8 Å². The highest BCUT2D eigenvalue weighted by Crippen LogP contribution is 2.35. The number of ether oxygens (including phenoxy) is 3. The molecular formula is C19H23N7O6. The number of aromatic nitrogens is 4. The molecule has 4 atom stereocenters. The van der Waals surface area contributed by atoms with Crippen molar-refractivity contribution in [1.82, 2.24) is 19.5 Å². The number of hydrogen-bond acceptors (Lipinski definition) is 12. The molecule has 0 radical (unpaired) electrons. The van der Waals surface area contributed by atoms with Gasteiger partial charge >= 0.3 is 0 Å². The van der Waals surface area contributed by atoms with Crippen molar-refractivity contribution in [2.24, 2.45) is 5.10 Å². The van der Waals surface area contributed by atoms with Gasteiger partial charge in [0.2, 0.25) is 5.95 Å². The topological polar surface area (TPSA) is 182 Å². The van der Waals surface area contributed by atoms with E-state index in [9.17, 15) is 15.3 Å². The summed E-state index contributed by atoms with van der Waals surface area (Å²) in [6.45, 7) is -0.474. The van der Waals surface area contributed by atoms with Crippen molar-refractivity contribution in [3.05, 3.63) is 30.1 Å². The van der Waals surface area contributed by atoms with Gasteiger partial charge in [-0.05, 0) is 23.8 Å². The van der Waals surface area contributed by atoms with Gasteiger partial charge in [-0.1, -0.05) is 0 Å². The average molecular weight is 445 g/mol. The van der Waals surface area contributed by atoms with E-state index in [-0.39, 0.29) is 22.9 Å². The zero-order valence-electron chi connectivity index (χ0n) is 17.3. The molecule has 0 spiro atoms. The van der Waals surface area contributed by atoms with Crippen molar-refractivity contribution in [2.75, 3.05) is 32.0 Å². The Bertz CT molecular complexity index is 1140. The minimum Gasteiger partial charge on any atom is -0.493 e. The Morgan fingerprint density at radius 3 is 2.69 bits per heavy atom. The standard InChI is InChI=1S/C19H23N7O6/c1-30-10-4-3-9(5-11(10)31-2)6-23-25-19-24-13-16(20)21-8-22-17(13)26(19)18-15(29)14(28)12(7-27)32-18/h3-6,8,12,14-15,18,27-29H,7H2,1-2H3,(H,24,25)(H2,20,21,22)/t12-,14+,15-,18+/m0/s1. The second kappa shape index (κ2) is 8.92. The van der Waals surface area contributed by atoms with Crippen LogP contribution in [0.15, 0.2) is 29.6 Å². The zero-order chi connectivity index (χ0) is 22.8. The molecule has 1 aliphatic heterocycles. The number of nitrogens with one attached hydrogen (secondary N) is 1. The number of benzene rings is 1. The molecule has 1 saturated heterocycles. The van der Waals surface area contributed by atoms with Crippen molar-refractivity contribution in [3.8, 4) is 11.5 Å². The van der Waals surface area contributed by atoms with Gasteiger partial charge < -0.3 is 35.3 Å². The molecule has 1 fully saturated rings. The van der Waals surface area contributed by atoms with Gasteiger partial charge in [-0.2, -0.15) is 5.10 Å². The van der Waals surface area contributed by atoms with Crippen LogP contribution in [0.3, 0.4) is 0 Å². The Morgan fingerprint density at radius 2 is 2.00 bits per heavy atom. The number of nitrogens with two attached hydrogens (primary N) is 1. The summed E-state index contributed by atoms with van der Waals surface area (Å²) < 4.78 is 17.5. The summed E-state index contributed by atoms with van der Waals surface area (Å²) in [4.78, 5) is 12.5. The van der Waals surface area contributed by atoms with Crippen LogP contribution >= 0.6 is 0 Å². The first-order chi connectivity index (χ1) is 15.5. The largest absolute Gasteiger partial charge is 0.493 e. The van der Waals surface area contributed by atoms with Crippen LogP contribution in [0.1, 0.15) is 11.8 Å². The molecule has 1 aliphatic rings. The van der Waals surface area contributed by atoms with E-state index >= 15 is 0 Å². The van der Waals surface area contributed by atoms with Crippen LogP contribution < -0.4 is 20.6 Å². The maximum Gasteiger partial charge on any atom is 0.228 e. The third-order valence-electron chi connectivity index (χ3n) is 5.06. The van der Waals surface area contributed by atoms with Gasteiger partial charge in [0.1, 0.15) is 24.6 Å². The second-order valence-electron chi connectivity index (χ2n) is 6.95. The van der Waals surface area contributed by atoms with Crippen LogP contribution in [-0.4, -0.2) is 80.2 Å². The minimum atomic E-state index is -1.35. The molecule has 32 heavy (non-hydrogen) atoms. The van der Waals surface area contributed by atoms with E-state index in [1.54, 1.807) is 25.3 Å². The minimum absolute atomic E-state index is 0.118. The van der Waals surface area contributed by atoms with Crippen molar-refractivity contribution >= 4 is 29.1 Å². The van der Waals surface area contributed by atoms with E-state index in [1.807, 2.05) is 0 Å². The van der Waals surface area contributed by atoms with Crippen LogP contribution in [0, 0.1) is 0 Å². The summed E-state index contributed by atoms with van der Waals surface area (Å²) in [6, 6.07) is 5.26. The third kappa shape index (κ3) is 3.78. The third-order valence-corrected chi connectivity index (χ3v) is 5.06. The lowest BCUT2D eigenvalue weighted by Crippen LogP contribution is -2.33. The summed E-state index contributed by atoms with van der Waals surface area (Å²) >= 11 is 0. The van der Waals surface area contributed by atoms with Gasteiger partial charge in [0.15, 0.2) is 34.7 Å². The highest BCUT2D eigenvalue weighted by Gasteiger charge is 2.45. The fourth-order valence-corrected chi connectivity index (χ4v) is 3.44. The number of aliphatic hydroxyl groups is 3. The quantitative estimate of drug-likeness (QED) is 0.233.